The molecule has 0 bridgehead atoms. The summed E-state index contributed by atoms with van der Waals surface area (Å²) in [6.45, 7) is 8.30. The largest absolute Gasteiger partial charge is 0.203 e. The molecule has 0 amide bonds. The molecule has 0 nitrogen and oxygen atoms in total. The lowest BCUT2D eigenvalue weighted by molar-refractivity contribution is 0.323. The topological polar surface area (TPSA) is 0 Å². The highest BCUT2D eigenvalue weighted by molar-refractivity contribution is 6.26. The molecule has 0 saturated carbocycles. The molecule has 5 rings (SSSR count). The second-order valence-corrected chi connectivity index (χ2v) is 11.4. The molecule has 38 heavy (non-hydrogen) atoms. The van der Waals surface area contributed by atoms with Crippen LogP contribution in [0.25, 0.3) is 32.3 Å². The van der Waals surface area contributed by atoms with Gasteiger partial charge in [0.2, 0.25) is 0 Å². The third-order valence-electron chi connectivity index (χ3n) is 8.28. The maximum Gasteiger partial charge on any atom is 0.166 e. The minimum absolute atomic E-state index is 0.237. The van der Waals surface area contributed by atoms with Crippen molar-refractivity contribution in [3.8, 4) is 0 Å². The summed E-state index contributed by atoms with van der Waals surface area (Å²) < 4.78 is 62.4. The van der Waals surface area contributed by atoms with E-state index >= 15 is 17.6 Å². The van der Waals surface area contributed by atoms with Gasteiger partial charge >= 0.3 is 0 Å². The molecule has 0 spiro atoms. The number of benzene rings is 5. The Bertz CT molecular complexity index is 1610. The predicted octanol–water partition coefficient (Wildman–Crippen LogP) is 10.3. The van der Waals surface area contributed by atoms with E-state index in [1.807, 2.05) is 50.2 Å². The van der Waals surface area contributed by atoms with Gasteiger partial charge in [-0.05, 0) is 62.6 Å². The maximum absolute atomic E-state index is 15.8. The molecule has 0 atom stereocenters. The Morgan fingerprint density at radius 3 is 1.37 bits per heavy atom. The molecule has 5 aromatic rings. The van der Waals surface area contributed by atoms with E-state index in [4.69, 9.17) is 0 Å². The highest BCUT2D eigenvalue weighted by Gasteiger charge is 2.41. The van der Waals surface area contributed by atoms with Gasteiger partial charge in [0.25, 0.3) is 0 Å². The molecular weight excluding hydrogens is 484 g/mol. The molecule has 0 aliphatic rings. The first-order chi connectivity index (χ1) is 18.1. The number of hydrogen-bond donors (Lipinski definition) is 0. The molecule has 5 aromatic carbocycles. The van der Waals surface area contributed by atoms with Crippen molar-refractivity contribution < 1.29 is 17.6 Å². The van der Waals surface area contributed by atoms with Crippen LogP contribution < -0.4 is 0 Å². The Morgan fingerprint density at radius 2 is 0.921 bits per heavy atom. The molecule has 4 heteroatoms. The van der Waals surface area contributed by atoms with E-state index in [0.29, 0.717) is 12.8 Å². The average molecular weight is 517 g/mol. The zero-order valence-corrected chi connectivity index (χ0v) is 22.5. The summed E-state index contributed by atoms with van der Waals surface area (Å²) in [4.78, 5) is 0. The Hall–Kier alpha value is -3.40. The summed E-state index contributed by atoms with van der Waals surface area (Å²) in [6.07, 6.45) is 0.862. The van der Waals surface area contributed by atoms with Gasteiger partial charge in [-0.1, -0.05) is 101 Å². The Balaban J connectivity index is 1.82. The van der Waals surface area contributed by atoms with Gasteiger partial charge in [-0.15, -0.1) is 0 Å². The molecule has 0 aliphatic carbocycles. The van der Waals surface area contributed by atoms with Gasteiger partial charge in [0.05, 0.1) is 0 Å². The van der Waals surface area contributed by atoms with Crippen molar-refractivity contribution >= 4 is 32.3 Å². The standard InChI is InChI=1S/C34H32F4/c1-6-34(7-2,28-31(37)29(35)27(33(3,4)5)30(36)32(28)38)19-20-13-12-18-25-23-15-9-8-14-21(23)22-16-10-11-17-24(22)26(20)25/h8-18H,6-7,19H2,1-5H3. The van der Waals surface area contributed by atoms with Gasteiger partial charge in [-0.2, -0.15) is 0 Å². The van der Waals surface area contributed by atoms with Crippen LogP contribution in [0.15, 0.2) is 66.7 Å². The SMILES string of the molecule is CCC(CC)(Cc1cccc2c3ccccc3c3ccccc3c12)c1c(F)c(F)c(C(C)(C)C)c(F)c1F. The van der Waals surface area contributed by atoms with Crippen LogP contribution in [0.2, 0.25) is 0 Å². The minimum atomic E-state index is -1.30. The van der Waals surface area contributed by atoms with Crippen LogP contribution in [-0.4, -0.2) is 0 Å². The lowest BCUT2D eigenvalue weighted by Crippen LogP contribution is -2.33. The molecule has 0 N–H and O–H groups in total. The molecule has 0 fully saturated rings. The number of hydrogen-bond acceptors (Lipinski definition) is 0. The van der Waals surface area contributed by atoms with Gasteiger partial charge in [0.1, 0.15) is 0 Å². The Labute approximate surface area is 221 Å². The first-order valence-electron chi connectivity index (χ1n) is 13.2. The van der Waals surface area contributed by atoms with Crippen LogP contribution >= 0.6 is 0 Å². The van der Waals surface area contributed by atoms with Crippen molar-refractivity contribution in [1.82, 2.24) is 0 Å². The lowest BCUT2D eigenvalue weighted by atomic mass is 9.69. The minimum Gasteiger partial charge on any atom is -0.203 e. The van der Waals surface area contributed by atoms with Crippen LogP contribution in [0.1, 0.15) is 64.2 Å². The third kappa shape index (κ3) is 3.88. The summed E-state index contributed by atoms with van der Waals surface area (Å²) in [5.41, 5.74) is -2.39. The quantitative estimate of drug-likeness (QED) is 0.124. The second-order valence-electron chi connectivity index (χ2n) is 11.4. The highest BCUT2D eigenvalue weighted by atomic mass is 19.2. The lowest BCUT2D eigenvalue weighted by Gasteiger charge is -2.35. The van der Waals surface area contributed by atoms with Gasteiger partial charge in [-0.25, -0.2) is 17.6 Å². The fraction of sp³-hybridized carbons (Fsp3) is 0.294. The van der Waals surface area contributed by atoms with E-state index in [0.717, 1.165) is 37.9 Å². The van der Waals surface area contributed by atoms with Crippen molar-refractivity contribution in [3.05, 3.63) is 107 Å². The normalized spacial score (nSPS) is 12.7. The summed E-state index contributed by atoms with van der Waals surface area (Å²) in [6, 6.07) is 22.3. The number of rotatable bonds is 5. The molecular formula is C34H32F4. The summed E-state index contributed by atoms with van der Waals surface area (Å²) in [5, 5.41) is 6.39. The van der Waals surface area contributed by atoms with E-state index < -0.39 is 45.2 Å². The summed E-state index contributed by atoms with van der Waals surface area (Å²) in [7, 11) is 0. The van der Waals surface area contributed by atoms with Gasteiger partial charge in [0, 0.05) is 16.5 Å². The van der Waals surface area contributed by atoms with E-state index in [-0.39, 0.29) is 6.42 Å². The average Bonchev–Trinajstić information content (AvgIpc) is 2.91. The first kappa shape index (κ1) is 26.2. The fourth-order valence-electron chi connectivity index (χ4n) is 6.24. The fourth-order valence-corrected chi connectivity index (χ4v) is 6.24. The Kier molecular flexibility index (Phi) is 6.49. The number of fused-ring (bicyclic) bond motifs is 6. The van der Waals surface area contributed by atoms with Gasteiger partial charge in [0.15, 0.2) is 23.3 Å². The van der Waals surface area contributed by atoms with E-state index in [9.17, 15) is 0 Å². The van der Waals surface area contributed by atoms with Crippen LogP contribution in [0, 0.1) is 23.3 Å². The van der Waals surface area contributed by atoms with Crippen LogP contribution in [0.3, 0.4) is 0 Å². The number of halogens is 4. The summed E-state index contributed by atoms with van der Waals surface area (Å²) in [5.74, 6) is -5.17. The Morgan fingerprint density at radius 1 is 0.526 bits per heavy atom. The molecule has 196 valence electrons. The van der Waals surface area contributed by atoms with Crippen LogP contribution in [0.4, 0.5) is 17.6 Å². The van der Waals surface area contributed by atoms with Crippen LogP contribution in [-0.2, 0) is 17.3 Å². The second kappa shape index (κ2) is 9.41. The highest BCUT2D eigenvalue weighted by Crippen LogP contribution is 2.45. The van der Waals surface area contributed by atoms with Crippen molar-refractivity contribution in [3.63, 3.8) is 0 Å². The van der Waals surface area contributed by atoms with Crippen molar-refractivity contribution in [2.75, 3.05) is 0 Å². The van der Waals surface area contributed by atoms with Crippen molar-refractivity contribution in [1.29, 1.82) is 0 Å². The molecule has 0 aliphatic heterocycles. The zero-order valence-electron chi connectivity index (χ0n) is 22.5. The molecule has 0 radical (unpaired) electrons. The van der Waals surface area contributed by atoms with Crippen molar-refractivity contribution in [2.24, 2.45) is 0 Å². The van der Waals surface area contributed by atoms with Crippen LogP contribution in [0.5, 0.6) is 0 Å². The maximum atomic E-state index is 15.8. The summed E-state index contributed by atoms with van der Waals surface area (Å²) >= 11 is 0. The van der Waals surface area contributed by atoms with Crippen molar-refractivity contribution in [2.45, 2.75) is 64.7 Å². The van der Waals surface area contributed by atoms with E-state index in [1.54, 1.807) is 20.8 Å². The molecule has 0 unspecified atom stereocenters. The predicted molar refractivity (Wildman–Crippen MR) is 150 cm³/mol. The molecule has 0 aromatic heterocycles. The van der Waals surface area contributed by atoms with Gasteiger partial charge < -0.3 is 0 Å². The first-order valence-corrected chi connectivity index (χ1v) is 13.2. The van der Waals surface area contributed by atoms with E-state index in [1.165, 1.54) is 0 Å². The van der Waals surface area contributed by atoms with E-state index in [2.05, 4.69) is 30.3 Å². The molecule has 0 saturated heterocycles. The monoisotopic (exact) mass is 516 g/mol. The molecule has 0 heterocycles. The third-order valence-corrected chi connectivity index (χ3v) is 8.28. The van der Waals surface area contributed by atoms with Gasteiger partial charge in [-0.3, -0.25) is 0 Å². The smallest absolute Gasteiger partial charge is 0.166 e. The zero-order chi connectivity index (χ0) is 27.4.